The standard InChI is InChI=1S/C39H62N6O10/c1-10-25(8)33(43-38(53)34(24(6)7)44(9)30(46)19-18-26-16-14-13-15-17-26)37(52)41-27(21-31(47)45(11-2)12-3)35(50)40-28(22-32(48)49)36(51)42-29(39(54)55)20-23(4)5/h13-17,23-25,27-29,33-34H,10-12,18-22H2,1-9H3,(H,40,50)(H,41,52)(H,42,51)(H,43,53)(H,48,49)(H,54,55)/t25-,27?,28-,29-,33-,34-/m0/s1. The molecule has 0 aliphatic heterocycles. The zero-order valence-electron chi connectivity index (χ0n) is 33.7. The van der Waals surface area contributed by atoms with Gasteiger partial charge in [0.1, 0.15) is 30.2 Å². The van der Waals surface area contributed by atoms with Gasteiger partial charge in [0.15, 0.2) is 0 Å². The maximum atomic E-state index is 14.0. The quantitative estimate of drug-likeness (QED) is 0.0894. The number of amides is 6. The predicted octanol–water partition coefficient (Wildman–Crippen LogP) is 1.95. The summed E-state index contributed by atoms with van der Waals surface area (Å²) in [6.45, 7) is 14.5. The molecule has 1 aromatic rings. The zero-order chi connectivity index (χ0) is 42.0. The van der Waals surface area contributed by atoms with Crippen molar-refractivity contribution in [2.45, 2.75) is 124 Å². The van der Waals surface area contributed by atoms with Gasteiger partial charge < -0.3 is 41.3 Å². The van der Waals surface area contributed by atoms with Crippen molar-refractivity contribution in [2.75, 3.05) is 20.1 Å². The largest absolute Gasteiger partial charge is 0.481 e. The zero-order valence-corrected chi connectivity index (χ0v) is 33.7. The summed E-state index contributed by atoms with van der Waals surface area (Å²) in [5, 5.41) is 29.0. The molecule has 0 aliphatic carbocycles. The lowest BCUT2D eigenvalue weighted by atomic mass is 9.95. The van der Waals surface area contributed by atoms with E-state index >= 15 is 0 Å². The Hall–Kier alpha value is -5.02. The molecule has 308 valence electrons. The molecular weight excluding hydrogens is 712 g/mol. The second-order valence-electron chi connectivity index (χ2n) is 14.6. The number of carboxylic acids is 2. The van der Waals surface area contributed by atoms with Crippen LogP contribution in [0.4, 0.5) is 0 Å². The summed E-state index contributed by atoms with van der Waals surface area (Å²) in [5.74, 6) is -8.16. The van der Waals surface area contributed by atoms with Crippen LogP contribution in [0.1, 0.15) is 93.1 Å². The summed E-state index contributed by atoms with van der Waals surface area (Å²) in [5.41, 5.74) is 0.965. The van der Waals surface area contributed by atoms with E-state index in [0.29, 0.717) is 12.8 Å². The predicted molar refractivity (Wildman–Crippen MR) is 205 cm³/mol. The highest BCUT2D eigenvalue weighted by atomic mass is 16.4. The SMILES string of the molecule is CC[C@H](C)[C@H](NC(=O)[C@H](C(C)C)N(C)C(=O)CCc1ccccc1)C(=O)NC(CC(=O)N(CC)CC)C(=O)N[C@@H](CC(=O)O)C(=O)N[C@@H](CC(C)C)C(=O)O. The number of nitrogens with zero attached hydrogens (tertiary/aromatic N) is 2. The van der Waals surface area contributed by atoms with Gasteiger partial charge in [-0.25, -0.2) is 4.79 Å². The van der Waals surface area contributed by atoms with Crippen molar-refractivity contribution in [3.05, 3.63) is 35.9 Å². The van der Waals surface area contributed by atoms with Crippen LogP contribution >= 0.6 is 0 Å². The topological polar surface area (TPSA) is 232 Å². The molecule has 0 aliphatic rings. The molecule has 1 unspecified atom stereocenters. The minimum Gasteiger partial charge on any atom is -0.481 e. The van der Waals surface area contributed by atoms with Gasteiger partial charge in [-0.05, 0) is 50.0 Å². The van der Waals surface area contributed by atoms with Gasteiger partial charge in [0, 0.05) is 26.6 Å². The molecule has 0 saturated carbocycles. The minimum absolute atomic E-state index is 0.0316. The van der Waals surface area contributed by atoms with Crippen LogP contribution in [0.5, 0.6) is 0 Å². The van der Waals surface area contributed by atoms with Gasteiger partial charge in [-0.2, -0.15) is 0 Å². The van der Waals surface area contributed by atoms with Gasteiger partial charge in [-0.1, -0.05) is 78.3 Å². The number of likely N-dealkylation sites (N-methyl/N-ethyl adjacent to an activating group) is 1. The number of carbonyl (C=O) groups excluding carboxylic acids is 6. The van der Waals surface area contributed by atoms with Crippen molar-refractivity contribution in [2.24, 2.45) is 17.8 Å². The highest BCUT2D eigenvalue weighted by molar-refractivity contribution is 5.98. The Bertz CT molecular complexity index is 1470. The van der Waals surface area contributed by atoms with Gasteiger partial charge >= 0.3 is 11.9 Å². The lowest BCUT2D eigenvalue weighted by Gasteiger charge is -2.33. The summed E-state index contributed by atoms with van der Waals surface area (Å²) in [6, 6.07) is 2.51. The smallest absolute Gasteiger partial charge is 0.326 e. The molecule has 16 heteroatoms. The van der Waals surface area contributed by atoms with Gasteiger partial charge in [0.2, 0.25) is 35.4 Å². The summed E-state index contributed by atoms with van der Waals surface area (Å²) in [7, 11) is 1.53. The Balaban J connectivity index is 3.41. The van der Waals surface area contributed by atoms with Crippen molar-refractivity contribution in [3.8, 4) is 0 Å². The Morgan fingerprint density at radius 3 is 1.67 bits per heavy atom. The Kier molecular flexibility index (Phi) is 20.7. The van der Waals surface area contributed by atoms with Crippen molar-refractivity contribution < 1.29 is 48.6 Å². The van der Waals surface area contributed by atoms with E-state index in [4.69, 9.17) is 0 Å². The van der Waals surface area contributed by atoms with E-state index in [-0.39, 0.29) is 43.7 Å². The Morgan fingerprint density at radius 1 is 0.673 bits per heavy atom. The monoisotopic (exact) mass is 774 g/mol. The van der Waals surface area contributed by atoms with Crippen LogP contribution in [0.2, 0.25) is 0 Å². The molecule has 0 radical (unpaired) electrons. The fraction of sp³-hybridized carbons (Fsp3) is 0.641. The van der Waals surface area contributed by atoms with Crippen LogP contribution in [0.25, 0.3) is 0 Å². The molecule has 16 nitrogen and oxygen atoms in total. The number of benzene rings is 1. The third-order valence-electron chi connectivity index (χ3n) is 9.44. The number of hydrogen-bond acceptors (Lipinski definition) is 8. The normalized spacial score (nSPS) is 14.4. The van der Waals surface area contributed by atoms with Crippen LogP contribution in [-0.4, -0.2) is 118 Å². The van der Waals surface area contributed by atoms with E-state index in [1.807, 2.05) is 30.3 Å². The summed E-state index contributed by atoms with van der Waals surface area (Å²) in [6.07, 6.45) is -0.426. The van der Waals surface area contributed by atoms with E-state index in [1.54, 1.807) is 55.4 Å². The van der Waals surface area contributed by atoms with Crippen LogP contribution in [-0.2, 0) is 44.8 Å². The summed E-state index contributed by atoms with van der Waals surface area (Å²) >= 11 is 0. The lowest BCUT2D eigenvalue weighted by molar-refractivity contribution is -0.144. The van der Waals surface area contributed by atoms with Crippen LogP contribution < -0.4 is 21.3 Å². The van der Waals surface area contributed by atoms with Crippen molar-refractivity contribution in [1.82, 2.24) is 31.1 Å². The van der Waals surface area contributed by atoms with E-state index in [9.17, 15) is 48.6 Å². The molecule has 0 aromatic heterocycles. The van der Waals surface area contributed by atoms with Gasteiger partial charge in [-0.15, -0.1) is 0 Å². The Labute approximate surface area is 324 Å². The van der Waals surface area contributed by atoms with E-state index < -0.39 is 90.4 Å². The molecular formula is C39H62N6O10. The van der Waals surface area contributed by atoms with Crippen molar-refractivity contribution >= 4 is 47.4 Å². The summed E-state index contributed by atoms with van der Waals surface area (Å²) < 4.78 is 0. The number of aliphatic carboxylic acids is 2. The molecule has 0 saturated heterocycles. The molecule has 0 heterocycles. The van der Waals surface area contributed by atoms with Gasteiger partial charge in [-0.3, -0.25) is 33.6 Å². The van der Waals surface area contributed by atoms with Crippen LogP contribution in [0, 0.1) is 17.8 Å². The molecule has 6 amide bonds. The maximum Gasteiger partial charge on any atom is 0.326 e. The van der Waals surface area contributed by atoms with E-state index in [1.165, 1.54) is 16.8 Å². The second kappa shape index (κ2) is 23.7. The van der Waals surface area contributed by atoms with Gasteiger partial charge in [0.25, 0.3) is 0 Å². The van der Waals surface area contributed by atoms with Crippen LogP contribution in [0.3, 0.4) is 0 Å². The maximum absolute atomic E-state index is 14.0. The highest BCUT2D eigenvalue weighted by Gasteiger charge is 2.37. The van der Waals surface area contributed by atoms with E-state index in [2.05, 4.69) is 21.3 Å². The third-order valence-corrected chi connectivity index (χ3v) is 9.44. The summed E-state index contributed by atoms with van der Waals surface area (Å²) in [4.78, 5) is 108. The van der Waals surface area contributed by atoms with E-state index in [0.717, 1.165) is 5.56 Å². The number of hydrogen-bond donors (Lipinski definition) is 6. The molecule has 1 rings (SSSR count). The fourth-order valence-corrected chi connectivity index (χ4v) is 6.07. The average Bonchev–Trinajstić information content (AvgIpc) is 3.11. The highest BCUT2D eigenvalue weighted by Crippen LogP contribution is 2.16. The number of aryl methyl sites for hydroxylation is 1. The van der Waals surface area contributed by atoms with Crippen LogP contribution in [0.15, 0.2) is 30.3 Å². The number of carbonyl (C=O) groups is 8. The van der Waals surface area contributed by atoms with Crippen molar-refractivity contribution in [3.63, 3.8) is 0 Å². The lowest BCUT2D eigenvalue weighted by Crippen LogP contribution is -2.61. The van der Waals surface area contributed by atoms with Gasteiger partial charge in [0.05, 0.1) is 12.8 Å². The first kappa shape index (κ1) is 48.0. The van der Waals surface area contributed by atoms with Crippen molar-refractivity contribution in [1.29, 1.82) is 0 Å². The number of carboxylic acid groups (broad SMARTS) is 2. The average molecular weight is 775 g/mol. The first-order valence-electron chi connectivity index (χ1n) is 19.0. The fourth-order valence-electron chi connectivity index (χ4n) is 6.07. The molecule has 0 spiro atoms. The molecule has 0 fully saturated rings. The molecule has 55 heavy (non-hydrogen) atoms. The number of rotatable bonds is 24. The molecule has 6 N–H and O–H groups in total. The minimum atomic E-state index is -1.76. The third kappa shape index (κ3) is 16.1. The molecule has 6 atom stereocenters. The molecule has 1 aromatic carbocycles. The molecule has 0 bridgehead atoms. The Morgan fingerprint density at radius 2 is 1.20 bits per heavy atom. The second-order valence-corrected chi connectivity index (χ2v) is 14.6. The number of nitrogens with one attached hydrogen (secondary N) is 4. The first-order chi connectivity index (χ1) is 25.8. The first-order valence-corrected chi connectivity index (χ1v) is 19.0.